The zero-order valence-corrected chi connectivity index (χ0v) is 16.1. The maximum absolute atomic E-state index is 14.3. The zero-order chi connectivity index (χ0) is 19.4. The van der Waals surface area contributed by atoms with Gasteiger partial charge < -0.3 is 10.1 Å². The third-order valence-corrected chi connectivity index (χ3v) is 5.95. The lowest BCUT2D eigenvalue weighted by molar-refractivity contribution is -0.124. The van der Waals surface area contributed by atoms with Crippen molar-refractivity contribution in [2.45, 2.75) is 30.7 Å². The molecule has 1 aliphatic carbocycles. The first-order valence-corrected chi connectivity index (χ1v) is 10.1. The van der Waals surface area contributed by atoms with Crippen LogP contribution in [0.2, 0.25) is 0 Å². The molecule has 2 aliphatic rings. The lowest BCUT2D eigenvalue weighted by Crippen LogP contribution is -2.51. The third-order valence-electron chi connectivity index (χ3n) is 5.95. The van der Waals surface area contributed by atoms with Gasteiger partial charge in [-0.3, -0.25) is 9.69 Å². The second-order valence-electron chi connectivity index (χ2n) is 7.76. The second-order valence-corrected chi connectivity index (χ2v) is 7.76. The van der Waals surface area contributed by atoms with Gasteiger partial charge in [-0.2, -0.15) is 0 Å². The summed E-state index contributed by atoms with van der Waals surface area (Å²) in [6.07, 6.45) is 2.29. The molecule has 2 aromatic carbocycles. The van der Waals surface area contributed by atoms with Crippen LogP contribution < -0.4 is 5.32 Å². The third kappa shape index (κ3) is 4.10. The van der Waals surface area contributed by atoms with E-state index in [0.29, 0.717) is 24.9 Å². The second kappa shape index (κ2) is 8.41. The zero-order valence-electron chi connectivity index (χ0n) is 16.1. The van der Waals surface area contributed by atoms with Gasteiger partial charge in [0.15, 0.2) is 0 Å². The number of ether oxygens (including phenoxy) is 1. The average molecular weight is 382 g/mol. The molecule has 1 aliphatic heterocycles. The quantitative estimate of drug-likeness (QED) is 0.801. The van der Waals surface area contributed by atoms with Crippen molar-refractivity contribution in [2.24, 2.45) is 0 Å². The predicted octanol–water partition coefficient (Wildman–Crippen LogP) is 2.92. The Morgan fingerprint density at radius 3 is 2.43 bits per heavy atom. The first-order chi connectivity index (χ1) is 13.7. The molecular formula is C23H27FN2O2. The molecule has 148 valence electrons. The van der Waals surface area contributed by atoms with Crippen molar-refractivity contribution in [2.75, 3.05) is 32.8 Å². The average Bonchev–Trinajstić information content (AvgIpc) is 3.54. The van der Waals surface area contributed by atoms with E-state index in [4.69, 9.17) is 4.74 Å². The number of amides is 1. The minimum atomic E-state index is -0.687. The number of benzene rings is 2. The molecule has 28 heavy (non-hydrogen) atoms. The van der Waals surface area contributed by atoms with E-state index in [2.05, 4.69) is 22.3 Å². The molecule has 0 aromatic heterocycles. The SMILES string of the molecule is O=C(NCC(Cc1ccccc1)N1CCOCC1)C1(c2ccccc2F)CC1. The minimum Gasteiger partial charge on any atom is -0.379 e. The maximum Gasteiger partial charge on any atom is 0.230 e. The van der Waals surface area contributed by atoms with Gasteiger partial charge in [-0.15, -0.1) is 0 Å². The van der Waals surface area contributed by atoms with Crippen LogP contribution in [0.3, 0.4) is 0 Å². The molecule has 0 bridgehead atoms. The van der Waals surface area contributed by atoms with Gasteiger partial charge in [-0.25, -0.2) is 4.39 Å². The summed E-state index contributed by atoms with van der Waals surface area (Å²) in [5.74, 6) is -0.340. The largest absolute Gasteiger partial charge is 0.379 e. The van der Waals surface area contributed by atoms with Gasteiger partial charge in [0.2, 0.25) is 5.91 Å². The molecule has 2 aromatic rings. The molecule has 1 heterocycles. The van der Waals surface area contributed by atoms with Crippen molar-refractivity contribution in [1.29, 1.82) is 0 Å². The Morgan fingerprint density at radius 2 is 1.75 bits per heavy atom. The van der Waals surface area contributed by atoms with E-state index in [1.807, 2.05) is 18.2 Å². The highest BCUT2D eigenvalue weighted by Gasteiger charge is 2.52. The fourth-order valence-electron chi connectivity index (χ4n) is 4.13. The van der Waals surface area contributed by atoms with E-state index in [-0.39, 0.29) is 17.8 Å². The number of rotatable bonds is 7. The van der Waals surface area contributed by atoms with Gasteiger partial charge in [-0.1, -0.05) is 48.5 Å². The van der Waals surface area contributed by atoms with Gasteiger partial charge in [0.05, 0.1) is 18.6 Å². The lowest BCUT2D eigenvalue weighted by Gasteiger charge is -2.35. The fraction of sp³-hybridized carbons (Fsp3) is 0.435. The molecule has 1 N–H and O–H groups in total. The van der Waals surface area contributed by atoms with Crippen molar-refractivity contribution in [1.82, 2.24) is 10.2 Å². The van der Waals surface area contributed by atoms with Crippen molar-refractivity contribution in [3.05, 3.63) is 71.5 Å². The summed E-state index contributed by atoms with van der Waals surface area (Å²) in [6.45, 7) is 3.73. The van der Waals surface area contributed by atoms with Gasteiger partial charge in [0.25, 0.3) is 0 Å². The predicted molar refractivity (Wildman–Crippen MR) is 107 cm³/mol. The summed E-state index contributed by atoms with van der Waals surface area (Å²) in [6, 6.07) is 17.2. The molecule has 0 spiro atoms. The van der Waals surface area contributed by atoms with Crippen molar-refractivity contribution < 1.29 is 13.9 Å². The summed E-state index contributed by atoms with van der Waals surface area (Å²) in [7, 11) is 0. The van der Waals surface area contributed by atoms with Gasteiger partial charge in [-0.05, 0) is 30.9 Å². The summed E-state index contributed by atoms with van der Waals surface area (Å²) < 4.78 is 19.8. The summed E-state index contributed by atoms with van der Waals surface area (Å²) in [5, 5.41) is 3.14. The molecule has 4 nitrogen and oxygen atoms in total. The van der Waals surface area contributed by atoms with E-state index in [9.17, 15) is 9.18 Å². The molecule has 2 fully saturated rings. The van der Waals surface area contributed by atoms with Crippen molar-refractivity contribution in [3.8, 4) is 0 Å². The summed E-state index contributed by atoms with van der Waals surface area (Å²) in [5.41, 5.74) is 1.09. The monoisotopic (exact) mass is 382 g/mol. The van der Waals surface area contributed by atoms with Crippen LogP contribution in [0.1, 0.15) is 24.0 Å². The molecular weight excluding hydrogens is 355 g/mol. The Morgan fingerprint density at radius 1 is 1.07 bits per heavy atom. The molecule has 1 amide bonds. The number of morpholine rings is 1. The molecule has 1 saturated carbocycles. The Labute approximate surface area is 165 Å². The highest BCUT2D eigenvalue weighted by atomic mass is 19.1. The maximum atomic E-state index is 14.3. The number of hydrogen-bond donors (Lipinski definition) is 1. The van der Waals surface area contributed by atoms with Gasteiger partial charge >= 0.3 is 0 Å². The first-order valence-electron chi connectivity index (χ1n) is 10.1. The first kappa shape index (κ1) is 19.1. The van der Waals surface area contributed by atoms with Crippen LogP contribution in [0.25, 0.3) is 0 Å². The van der Waals surface area contributed by atoms with E-state index in [1.165, 1.54) is 11.6 Å². The van der Waals surface area contributed by atoms with Gasteiger partial charge in [0.1, 0.15) is 5.82 Å². The molecule has 1 unspecified atom stereocenters. The van der Waals surface area contributed by atoms with Crippen LogP contribution in [0, 0.1) is 5.82 Å². The van der Waals surface area contributed by atoms with E-state index in [1.54, 1.807) is 18.2 Å². The molecule has 1 saturated heterocycles. The fourth-order valence-corrected chi connectivity index (χ4v) is 4.13. The van der Waals surface area contributed by atoms with Crippen molar-refractivity contribution >= 4 is 5.91 Å². The van der Waals surface area contributed by atoms with Gasteiger partial charge in [0, 0.05) is 31.2 Å². The molecule has 5 heteroatoms. The number of hydrogen-bond acceptors (Lipinski definition) is 3. The topological polar surface area (TPSA) is 41.6 Å². The van der Waals surface area contributed by atoms with E-state index >= 15 is 0 Å². The normalized spacial score (nSPS) is 19.8. The standard InChI is InChI=1S/C23H27FN2O2/c24-21-9-5-4-8-20(21)23(10-11-23)22(27)25-17-19(26-12-14-28-15-13-26)16-18-6-2-1-3-7-18/h1-9,19H,10-17H2,(H,25,27). The van der Waals surface area contributed by atoms with Crippen LogP contribution in [-0.4, -0.2) is 49.7 Å². The smallest absolute Gasteiger partial charge is 0.230 e. The summed E-state index contributed by atoms with van der Waals surface area (Å²) in [4.78, 5) is 15.4. The van der Waals surface area contributed by atoms with E-state index in [0.717, 1.165) is 32.7 Å². The lowest BCUT2D eigenvalue weighted by atomic mass is 9.94. The van der Waals surface area contributed by atoms with Crippen LogP contribution in [0.4, 0.5) is 4.39 Å². The minimum absolute atomic E-state index is 0.0519. The Hall–Kier alpha value is -2.24. The highest BCUT2D eigenvalue weighted by Crippen LogP contribution is 2.49. The Bertz CT molecular complexity index is 801. The Balaban J connectivity index is 1.45. The highest BCUT2D eigenvalue weighted by molar-refractivity contribution is 5.91. The molecule has 0 radical (unpaired) electrons. The number of halogens is 1. The van der Waals surface area contributed by atoms with Crippen molar-refractivity contribution in [3.63, 3.8) is 0 Å². The number of carbonyl (C=O) groups is 1. The Kier molecular flexibility index (Phi) is 5.74. The van der Waals surface area contributed by atoms with Crippen LogP contribution in [0.5, 0.6) is 0 Å². The molecule has 1 atom stereocenters. The van der Waals surface area contributed by atoms with Crippen LogP contribution in [0.15, 0.2) is 54.6 Å². The van der Waals surface area contributed by atoms with Crippen LogP contribution >= 0.6 is 0 Å². The number of carbonyl (C=O) groups excluding carboxylic acids is 1. The number of nitrogens with zero attached hydrogens (tertiary/aromatic N) is 1. The number of nitrogens with one attached hydrogen (secondary N) is 1. The van der Waals surface area contributed by atoms with E-state index < -0.39 is 5.41 Å². The van der Waals surface area contributed by atoms with Crippen LogP contribution in [-0.2, 0) is 21.4 Å². The summed E-state index contributed by atoms with van der Waals surface area (Å²) >= 11 is 0. The molecule has 4 rings (SSSR count).